The fourth-order valence-corrected chi connectivity index (χ4v) is 3.66. The minimum absolute atomic E-state index is 0.209. The Morgan fingerprint density at radius 1 is 1.15 bits per heavy atom. The van der Waals surface area contributed by atoms with Gasteiger partial charge in [-0.25, -0.2) is 13.4 Å². The Morgan fingerprint density at radius 2 is 1.80 bits per heavy atom. The van der Waals surface area contributed by atoms with Gasteiger partial charge in [-0.15, -0.1) is 0 Å². The molecule has 0 bridgehead atoms. The fraction of sp³-hybridized carbons (Fsp3) is 0.385. The number of nitrogens with zero attached hydrogens (tertiary/aromatic N) is 3. The van der Waals surface area contributed by atoms with Gasteiger partial charge in [-0.3, -0.25) is 9.40 Å². The standard InChI is InChI=1S/C13H18N4O2S/c1-8-6-9(2)14-12(7-8)16-20(18,19)13-10(3)15-17(5)11(13)4/h6-7H,1-5H3,(H,14,16). The maximum Gasteiger partial charge on any atom is 0.266 e. The Kier molecular flexibility index (Phi) is 3.56. The van der Waals surface area contributed by atoms with E-state index < -0.39 is 10.0 Å². The van der Waals surface area contributed by atoms with Crippen LogP contribution in [0.15, 0.2) is 17.0 Å². The van der Waals surface area contributed by atoms with E-state index in [9.17, 15) is 8.42 Å². The molecule has 0 aliphatic carbocycles. The monoisotopic (exact) mass is 294 g/mol. The molecule has 2 rings (SSSR count). The van der Waals surface area contributed by atoms with Crippen LogP contribution in [-0.2, 0) is 17.1 Å². The highest BCUT2D eigenvalue weighted by Gasteiger charge is 2.24. The first-order chi connectivity index (χ1) is 9.20. The van der Waals surface area contributed by atoms with Crippen LogP contribution in [0.4, 0.5) is 5.82 Å². The zero-order valence-corrected chi connectivity index (χ0v) is 13.0. The van der Waals surface area contributed by atoms with Crippen molar-refractivity contribution >= 4 is 15.8 Å². The van der Waals surface area contributed by atoms with Crippen molar-refractivity contribution in [3.8, 4) is 0 Å². The van der Waals surface area contributed by atoms with Gasteiger partial charge in [-0.1, -0.05) is 0 Å². The molecule has 7 heteroatoms. The van der Waals surface area contributed by atoms with Crippen LogP contribution in [0.3, 0.4) is 0 Å². The lowest BCUT2D eigenvalue weighted by Crippen LogP contribution is -2.16. The maximum atomic E-state index is 12.5. The molecule has 1 N–H and O–H groups in total. The van der Waals surface area contributed by atoms with Crippen molar-refractivity contribution in [2.24, 2.45) is 7.05 Å². The van der Waals surface area contributed by atoms with E-state index in [1.54, 1.807) is 31.6 Å². The van der Waals surface area contributed by atoms with E-state index in [2.05, 4.69) is 14.8 Å². The largest absolute Gasteiger partial charge is 0.271 e. The lowest BCUT2D eigenvalue weighted by Gasteiger charge is -2.09. The molecule has 0 fully saturated rings. The van der Waals surface area contributed by atoms with Gasteiger partial charge in [0.15, 0.2) is 0 Å². The van der Waals surface area contributed by atoms with Crippen molar-refractivity contribution in [3.05, 3.63) is 34.8 Å². The summed E-state index contributed by atoms with van der Waals surface area (Å²) in [7, 11) is -1.96. The number of sulfonamides is 1. The van der Waals surface area contributed by atoms with Crippen LogP contribution in [0.1, 0.15) is 22.6 Å². The first-order valence-electron chi connectivity index (χ1n) is 6.19. The summed E-state index contributed by atoms with van der Waals surface area (Å²) in [6.45, 7) is 7.12. The molecule has 0 spiro atoms. The SMILES string of the molecule is Cc1cc(C)nc(NS(=O)(=O)c2c(C)nn(C)c2C)c1. The van der Waals surface area contributed by atoms with E-state index in [4.69, 9.17) is 0 Å². The van der Waals surface area contributed by atoms with Gasteiger partial charge in [0, 0.05) is 12.7 Å². The number of hydrogen-bond donors (Lipinski definition) is 1. The minimum atomic E-state index is -3.68. The molecule has 0 aromatic carbocycles. The number of anilines is 1. The average molecular weight is 294 g/mol. The second-order valence-corrected chi connectivity index (χ2v) is 6.52. The average Bonchev–Trinajstić information content (AvgIpc) is 2.50. The van der Waals surface area contributed by atoms with E-state index in [0.717, 1.165) is 11.3 Å². The third-order valence-electron chi connectivity index (χ3n) is 3.05. The van der Waals surface area contributed by atoms with E-state index >= 15 is 0 Å². The third kappa shape index (κ3) is 2.67. The maximum absolute atomic E-state index is 12.5. The molecule has 0 aliphatic heterocycles. The molecule has 0 atom stereocenters. The zero-order chi connectivity index (χ0) is 15.1. The van der Waals surface area contributed by atoms with E-state index in [-0.39, 0.29) is 4.90 Å². The van der Waals surface area contributed by atoms with Crippen LogP contribution >= 0.6 is 0 Å². The summed E-state index contributed by atoms with van der Waals surface area (Å²) >= 11 is 0. The zero-order valence-electron chi connectivity index (χ0n) is 12.2. The first kappa shape index (κ1) is 14.5. The molecule has 0 saturated heterocycles. The number of rotatable bonds is 3. The molecule has 2 aromatic rings. The van der Waals surface area contributed by atoms with Crippen molar-refractivity contribution in [1.82, 2.24) is 14.8 Å². The molecule has 0 saturated carbocycles. The highest BCUT2D eigenvalue weighted by molar-refractivity contribution is 7.92. The molecule has 0 radical (unpaired) electrons. The molecule has 0 amide bonds. The van der Waals surface area contributed by atoms with Gasteiger partial charge in [0.05, 0.1) is 11.4 Å². The normalized spacial score (nSPS) is 11.7. The Bertz CT molecular complexity index is 743. The second-order valence-electron chi connectivity index (χ2n) is 4.90. The van der Waals surface area contributed by atoms with Gasteiger partial charge < -0.3 is 0 Å². The van der Waals surface area contributed by atoms with Gasteiger partial charge in [0.25, 0.3) is 10.0 Å². The van der Waals surface area contributed by atoms with Gasteiger partial charge >= 0.3 is 0 Å². The lowest BCUT2D eigenvalue weighted by atomic mass is 10.2. The summed E-state index contributed by atoms with van der Waals surface area (Å²) in [6.07, 6.45) is 0. The molecular weight excluding hydrogens is 276 g/mol. The van der Waals surface area contributed by atoms with E-state index in [1.807, 2.05) is 19.9 Å². The molecule has 2 aromatic heterocycles. The van der Waals surface area contributed by atoms with E-state index in [1.165, 1.54) is 0 Å². The van der Waals surface area contributed by atoms with Crippen LogP contribution in [-0.4, -0.2) is 23.2 Å². The summed E-state index contributed by atoms with van der Waals surface area (Å²) in [6, 6.07) is 3.59. The van der Waals surface area contributed by atoms with Crippen LogP contribution in [0, 0.1) is 27.7 Å². The quantitative estimate of drug-likeness (QED) is 0.937. The Hall–Kier alpha value is -1.89. The Morgan fingerprint density at radius 3 is 2.30 bits per heavy atom. The van der Waals surface area contributed by atoms with Gasteiger partial charge in [0.2, 0.25) is 0 Å². The molecule has 2 heterocycles. The highest BCUT2D eigenvalue weighted by Crippen LogP contribution is 2.21. The smallest absolute Gasteiger partial charge is 0.266 e. The molecular formula is C13H18N4O2S. The molecule has 108 valence electrons. The van der Waals surface area contributed by atoms with E-state index in [0.29, 0.717) is 17.2 Å². The molecule has 20 heavy (non-hydrogen) atoms. The second kappa shape index (κ2) is 4.90. The van der Waals surface area contributed by atoms with Crippen LogP contribution in [0.2, 0.25) is 0 Å². The van der Waals surface area contributed by atoms with Crippen molar-refractivity contribution in [1.29, 1.82) is 0 Å². The topological polar surface area (TPSA) is 76.9 Å². The van der Waals surface area contributed by atoms with Crippen molar-refractivity contribution in [2.45, 2.75) is 32.6 Å². The third-order valence-corrected chi connectivity index (χ3v) is 4.65. The predicted molar refractivity (Wildman–Crippen MR) is 77.2 cm³/mol. The summed E-state index contributed by atoms with van der Waals surface area (Å²) in [5.41, 5.74) is 2.79. The van der Waals surface area contributed by atoms with Gasteiger partial charge in [0.1, 0.15) is 10.7 Å². The van der Waals surface area contributed by atoms with Crippen molar-refractivity contribution in [2.75, 3.05) is 4.72 Å². The van der Waals surface area contributed by atoms with Gasteiger partial charge in [-0.2, -0.15) is 5.10 Å². The Labute approximate surface area is 118 Å². The molecule has 0 aliphatic rings. The van der Waals surface area contributed by atoms with Crippen LogP contribution < -0.4 is 4.72 Å². The summed E-state index contributed by atoms with van der Waals surface area (Å²) in [5.74, 6) is 0.324. The number of hydrogen-bond acceptors (Lipinski definition) is 4. The predicted octanol–water partition coefficient (Wildman–Crippen LogP) is 1.85. The Balaban J connectivity index is 2.46. The first-order valence-corrected chi connectivity index (χ1v) is 7.67. The summed E-state index contributed by atoms with van der Waals surface area (Å²) < 4.78 is 29.0. The highest BCUT2D eigenvalue weighted by atomic mass is 32.2. The summed E-state index contributed by atoms with van der Waals surface area (Å²) in [5, 5.41) is 4.13. The van der Waals surface area contributed by atoms with Gasteiger partial charge in [-0.05, 0) is 45.4 Å². The minimum Gasteiger partial charge on any atom is -0.271 e. The fourth-order valence-electron chi connectivity index (χ4n) is 2.23. The number of nitrogens with one attached hydrogen (secondary N) is 1. The van der Waals surface area contributed by atoms with Crippen LogP contribution in [0.25, 0.3) is 0 Å². The number of aromatic nitrogens is 3. The van der Waals surface area contributed by atoms with Crippen molar-refractivity contribution < 1.29 is 8.42 Å². The molecule has 6 nitrogen and oxygen atoms in total. The summed E-state index contributed by atoms with van der Waals surface area (Å²) in [4.78, 5) is 4.40. The van der Waals surface area contributed by atoms with Crippen molar-refractivity contribution in [3.63, 3.8) is 0 Å². The lowest BCUT2D eigenvalue weighted by molar-refractivity contribution is 0.599. The number of pyridine rings is 1. The number of aryl methyl sites for hydroxylation is 4. The van der Waals surface area contributed by atoms with Crippen LogP contribution in [0.5, 0.6) is 0 Å². The molecule has 0 unspecified atom stereocenters.